The number of hydrogen-bond acceptors (Lipinski definition) is 29. The second-order valence-corrected chi connectivity index (χ2v) is 28.7. The molecule has 5 aliphatic heterocycles. The third-order valence-corrected chi connectivity index (χ3v) is 22.9. The smallest absolute Gasteiger partial charge is 0.187 e. The van der Waals surface area contributed by atoms with Crippen LogP contribution in [0, 0.1) is 45.3 Å². The third-order valence-electron chi connectivity index (χ3n) is 22.9. The summed E-state index contributed by atoms with van der Waals surface area (Å²) in [6.07, 6.45) is -37.4. The molecule has 516 valence electrons. The van der Waals surface area contributed by atoms with Gasteiger partial charge in [-0.05, 0) is 99.7 Å². The van der Waals surface area contributed by atoms with Crippen molar-refractivity contribution in [2.24, 2.45) is 45.3 Å². The summed E-state index contributed by atoms with van der Waals surface area (Å²) in [5, 5.41) is 205. The van der Waals surface area contributed by atoms with Gasteiger partial charge in [0.25, 0.3) is 0 Å². The molecule has 19 N–H and O–H groups in total. The fraction of sp³-hybridized carbons (Fsp3) is 0.967. The van der Waals surface area contributed by atoms with Gasteiger partial charge in [-0.3, -0.25) is 0 Å². The Morgan fingerprint density at radius 2 is 0.955 bits per heavy atom. The Hall–Kier alpha value is -1.42. The van der Waals surface area contributed by atoms with Crippen LogP contribution in [0.3, 0.4) is 0 Å². The highest BCUT2D eigenvalue weighted by Crippen LogP contribution is 2.75. The second-order valence-electron chi connectivity index (χ2n) is 28.7. The van der Waals surface area contributed by atoms with Gasteiger partial charge in [-0.2, -0.15) is 0 Å². The van der Waals surface area contributed by atoms with Crippen LogP contribution in [0.25, 0.3) is 0 Å². The zero-order chi connectivity index (χ0) is 65.5. The summed E-state index contributed by atoms with van der Waals surface area (Å²) in [6, 6.07) is 0. The summed E-state index contributed by atoms with van der Waals surface area (Å²) in [5.74, 6) is -0.0172. The standard InChI is InChI=1S/C60H102O29/c1-23(9-13-35(57(4,5)79)88-55-50(89-54-49(78)43(72)38(67)29(20-63)84-54)45(74)40(69)31(86-55)22-81-52-47(76)42(71)37(66)28(19-62)83-52)24-15-16-58(6)32-12-10-25-26(60(32,8)33(64)17-59(24,58)7)11-14-34(56(25,2)3)87-53-48(77)44(73)39(68)30(85-53)21-80-51-46(75)41(70)36(65)27(18-61)82-51/h10,23-24,26-55,61-79H,9,11-22H2,1-8H3/t23-,24+,26+,27-,28-,29-,30-,31-,32+,33-,34+,35-,36-,37-,38-,39-,40+,41+,42+,43+,44+,45+,46-,47-,48-,49-,50-,51-,52-,53+,54+,55+,58+,59-,60+/m1/s1. The van der Waals surface area contributed by atoms with Crippen LogP contribution in [0.5, 0.6) is 0 Å². The molecular formula is C60H102O29. The highest BCUT2D eigenvalue weighted by Gasteiger charge is 2.70. The molecule has 0 radical (unpaired) electrons. The third kappa shape index (κ3) is 13.1. The number of aliphatic hydroxyl groups is 19. The lowest BCUT2D eigenvalue weighted by Crippen LogP contribution is -2.65. The maximum atomic E-state index is 12.8. The van der Waals surface area contributed by atoms with Crippen molar-refractivity contribution < 1.29 is 144 Å². The van der Waals surface area contributed by atoms with Crippen molar-refractivity contribution in [1.82, 2.24) is 0 Å². The molecule has 0 aromatic carbocycles. The van der Waals surface area contributed by atoms with Crippen LogP contribution in [0.4, 0.5) is 0 Å². The van der Waals surface area contributed by atoms with Crippen molar-refractivity contribution >= 4 is 0 Å². The minimum absolute atomic E-state index is 0.0310. The number of ether oxygens (including phenoxy) is 10. The molecule has 0 bridgehead atoms. The van der Waals surface area contributed by atoms with E-state index in [4.69, 9.17) is 47.4 Å². The van der Waals surface area contributed by atoms with E-state index in [0.29, 0.717) is 32.1 Å². The largest absolute Gasteiger partial charge is 0.394 e. The fourth-order valence-corrected chi connectivity index (χ4v) is 17.0. The maximum absolute atomic E-state index is 12.8. The quantitative estimate of drug-likeness (QED) is 0.0506. The van der Waals surface area contributed by atoms with Crippen LogP contribution >= 0.6 is 0 Å². The first-order valence-electron chi connectivity index (χ1n) is 31.6. The van der Waals surface area contributed by atoms with Gasteiger partial charge in [0.05, 0.1) is 56.9 Å². The summed E-state index contributed by atoms with van der Waals surface area (Å²) >= 11 is 0. The number of hydrogen-bond donors (Lipinski definition) is 19. The Morgan fingerprint density at radius 3 is 1.45 bits per heavy atom. The first-order chi connectivity index (χ1) is 41.6. The van der Waals surface area contributed by atoms with E-state index in [0.717, 1.165) is 18.4 Å². The SMILES string of the molecule is C[C@H](CC[C@@H](O[C@@H]1O[C@H](CO[C@@H]2O[C@H](CO)[C@@H](O)[C@H](O)[C@H]2O)[C@H](O)[C@H](O)[C@H]1O[C@@H]1O[C@H](CO)[C@@H](O)[C@H](O)[C@H]1O)C(C)(C)O)[C@@H]1CC[C@@]2(C)[C@@H]3CC=C4[C@H](CC[C@H](O[C@@H]5O[C@H](CO[C@@H]6O[C@H](CO)[C@@H](O)[C@H](O)[C@H]6O)[C@@H](O)[C@H](O)[C@H]5O)C4(C)C)[C@]3(C)[C@H](O)C[C@]12C. The lowest BCUT2D eigenvalue weighted by atomic mass is 9.38. The van der Waals surface area contributed by atoms with Gasteiger partial charge in [0.1, 0.15) is 122 Å². The minimum Gasteiger partial charge on any atom is -0.394 e. The van der Waals surface area contributed by atoms with Crippen molar-refractivity contribution in [2.75, 3.05) is 33.0 Å². The van der Waals surface area contributed by atoms with E-state index in [1.807, 2.05) is 13.8 Å². The van der Waals surface area contributed by atoms with Gasteiger partial charge < -0.3 is 144 Å². The van der Waals surface area contributed by atoms with Crippen LogP contribution in [0.2, 0.25) is 0 Å². The highest BCUT2D eigenvalue weighted by atomic mass is 16.8. The maximum Gasteiger partial charge on any atom is 0.187 e. The molecule has 9 rings (SSSR count). The lowest BCUT2D eigenvalue weighted by molar-refractivity contribution is -0.380. The Kier molecular flexibility index (Phi) is 22.3. The molecule has 9 aliphatic rings. The molecule has 3 saturated carbocycles. The molecule has 29 heteroatoms. The number of aliphatic hydroxyl groups excluding tert-OH is 18. The minimum atomic E-state index is -1.96. The van der Waals surface area contributed by atoms with E-state index in [1.54, 1.807) is 0 Å². The molecule has 5 saturated heterocycles. The average Bonchev–Trinajstić information content (AvgIpc) is 1.66. The van der Waals surface area contributed by atoms with Crippen molar-refractivity contribution in [3.05, 3.63) is 11.6 Å². The van der Waals surface area contributed by atoms with E-state index in [2.05, 4.69) is 33.8 Å². The lowest BCUT2D eigenvalue weighted by Gasteiger charge is -2.67. The summed E-state index contributed by atoms with van der Waals surface area (Å²) in [7, 11) is 0. The zero-order valence-corrected chi connectivity index (χ0v) is 51.8. The molecule has 4 aliphatic carbocycles. The molecule has 0 unspecified atom stereocenters. The van der Waals surface area contributed by atoms with Crippen LogP contribution in [-0.2, 0) is 47.4 Å². The van der Waals surface area contributed by atoms with E-state index < -0.39 is 227 Å². The predicted molar refractivity (Wildman–Crippen MR) is 300 cm³/mol. The zero-order valence-electron chi connectivity index (χ0n) is 51.8. The van der Waals surface area contributed by atoms with E-state index in [9.17, 15) is 97.0 Å². The molecule has 35 atom stereocenters. The Morgan fingerprint density at radius 1 is 0.517 bits per heavy atom. The highest BCUT2D eigenvalue weighted by molar-refractivity contribution is 5.32. The number of rotatable bonds is 20. The van der Waals surface area contributed by atoms with Gasteiger partial charge in [-0.15, -0.1) is 0 Å². The van der Waals surface area contributed by atoms with Gasteiger partial charge in [-0.25, -0.2) is 0 Å². The number of allylic oxidation sites excluding steroid dienone is 1. The van der Waals surface area contributed by atoms with Gasteiger partial charge >= 0.3 is 0 Å². The van der Waals surface area contributed by atoms with Crippen molar-refractivity contribution in [3.8, 4) is 0 Å². The van der Waals surface area contributed by atoms with Crippen molar-refractivity contribution in [3.63, 3.8) is 0 Å². The monoisotopic (exact) mass is 1290 g/mol. The van der Waals surface area contributed by atoms with Gasteiger partial charge in [0.15, 0.2) is 31.5 Å². The van der Waals surface area contributed by atoms with Crippen molar-refractivity contribution in [2.45, 2.75) is 284 Å². The summed E-state index contributed by atoms with van der Waals surface area (Å²) in [4.78, 5) is 0. The molecule has 0 aromatic heterocycles. The van der Waals surface area contributed by atoms with E-state index >= 15 is 0 Å². The summed E-state index contributed by atoms with van der Waals surface area (Å²) in [6.45, 7) is 12.6. The molecule has 5 heterocycles. The Balaban J connectivity index is 0.883. The second kappa shape index (κ2) is 27.6. The molecule has 8 fully saturated rings. The fourth-order valence-electron chi connectivity index (χ4n) is 17.0. The summed E-state index contributed by atoms with van der Waals surface area (Å²) in [5.41, 5.74) is -2.49. The molecule has 0 amide bonds. The molecule has 0 aromatic rings. The first-order valence-corrected chi connectivity index (χ1v) is 31.6. The Bertz CT molecular complexity index is 2340. The normalized spacial score (nSPS) is 51.8. The van der Waals surface area contributed by atoms with Crippen LogP contribution in [0.1, 0.15) is 107 Å². The summed E-state index contributed by atoms with van der Waals surface area (Å²) < 4.78 is 59.3. The molecular weight excluding hydrogens is 1180 g/mol. The molecule has 0 spiro atoms. The Labute approximate surface area is 517 Å². The van der Waals surface area contributed by atoms with Gasteiger partial charge in [-0.1, -0.05) is 53.2 Å². The van der Waals surface area contributed by atoms with Gasteiger partial charge in [0.2, 0.25) is 0 Å². The van der Waals surface area contributed by atoms with E-state index in [-0.39, 0.29) is 35.5 Å². The van der Waals surface area contributed by atoms with Crippen molar-refractivity contribution in [1.29, 1.82) is 0 Å². The van der Waals surface area contributed by atoms with E-state index in [1.165, 1.54) is 13.8 Å². The molecule has 89 heavy (non-hydrogen) atoms. The topological polar surface area (TPSA) is 477 Å². The number of fused-ring (bicyclic) bond motifs is 5. The molecule has 29 nitrogen and oxygen atoms in total. The van der Waals surface area contributed by atoms with Crippen LogP contribution < -0.4 is 0 Å². The van der Waals surface area contributed by atoms with Crippen LogP contribution in [0.15, 0.2) is 11.6 Å². The predicted octanol–water partition coefficient (Wildman–Crippen LogP) is -5.41. The first kappa shape index (κ1) is 71.9. The average molecular weight is 1290 g/mol. The van der Waals surface area contributed by atoms with Crippen LogP contribution in [-0.4, -0.2) is 308 Å². The van der Waals surface area contributed by atoms with Gasteiger partial charge in [0, 0.05) is 10.8 Å².